The number of hydrogen-bond donors (Lipinski definition) is 1. The van der Waals surface area contributed by atoms with Crippen molar-refractivity contribution in [2.24, 2.45) is 35.5 Å². The molecule has 358 valence electrons. The number of carbonyl (C=O) groups excluding carboxylic acids is 5. The summed E-state index contributed by atoms with van der Waals surface area (Å²) in [7, 11) is 8.77. The number of nitrogens with one attached hydrogen (secondary N) is 1. The van der Waals surface area contributed by atoms with Crippen LogP contribution in [0.15, 0.2) is 54.6 Å². The van der Waals surface area contributed by atoms with Crippen LogP contribution in [-0.2, 0) is 41.5 Å². The number of likely N-dealkylation sites (tertiary alicyclic amines) is 1. The van der Waals surface area contributed by atoms with Gasteiger partial charge >= 0.3 is 0 Å². The normalized spacial score (nSPS) is 18.1. The number of benzene rings is 2. The first-order chi connectivity index (χ1) is 30.2. The van der Waals surface area contributed by atoms with Crippen molar-refractivity contribution in [2.45, 2.75) is 156 Å². The third kappa shape index (κ3) is 15.3. The highest BCUT2D eigenvalue weighted by atomic mass is 16.5. The minimum Gasteiger partial charge on any atom is -0.379 e. The summed E-state index contributed by atoms with van der Waals surface area (Å²) in [5.41, 5.74) is 2.95. The molecule has 0 aliphatic carbocycles. The Balaban J connectivity index is 1.78. The zero-order valence-electron chi connectivity index (χ0n) is 41.9. The van der Waals surface area contributed by atoms with E-state index in [4.69, 9.17) is 9.47 Å². The topological polar surface area (TPSA) is 126 Å². The molecule has 1 N–H and O–H groups in total. The molecule has 3 amide bonds. The van der Waals surface area contributed by atoms with Gasteiger partial charge in [-0.1, -0.05) is 123 Å². The lowest BCUT2D eigenvalue weighted by Gasteiger charge is -2.41. The molecule has 0 bridgehead atoms. The number of amides is 3. The first-order valence-corrected chi connectivity index (χ1v) is 24.0. The van der Waals surface area contributed by atoms with Crippen molar-refractivity contribution in [1.29, 1.82) is 0 Å². The number of carbonyl (C=O) groups is 5. The Labute approximate surface area is 386 Å². The van der Waals surface area contributed by atoms with Crippen molar-refractivity contribution in [3.63, 3.8) is 0 Å². The van der Waals surface area contributed by atoms with Gasteiger partial charge in [0.2, 0.25) is 17.7 Å². The van der Waals surface area contributed by atoms with E-state index in [1.807, 2.05) is 113 Å². The molecule has 0 radical (unpaired) electrons. The van der Waals surface area contributed by atoms with Gasteiger partial charge in [-0.3, -0.25) is 28.9 Å². The molecule has 0 saturated carbocycles. The van der Waals surface area contributed by atoms with Crippen molar-refractivity contribution in [2.75, 3.05) is 41.9 Å². The van der Waals surface area contributed by atoms with Gasteiger partial charge in [0.05, 0.1) is 42.7 Å². The predicted molar refractivity (Wildman–Crippen MR) is 257 cm³/mol. The van der Waals surface area contributed by atoms with E-state index < -0.39 is 30.1 Å². The first kappa shape index (κ1) is 54.4. The van der Waals surface area contributed by atoms with Gasteiger partial charge in [-0.05, 0) is 81.0 Å². The highest BCUT2D eigenvalue weighted by molar-refractivity contribution is 5.96. The van der Waals surface area contributed by atoms with E-state index in [-0.39, 0.29) is 78.0 Å². The molecule has 1 heterocycles. The Hall–Kier alpha value is -3.93. The molecule has 11 nitrogen and oxygen atoms in total. The first-order valence-electron chi connectivity index (χ1n) is 24.0. The summed E-state index contributed by atoms with van der Waals surface area (Å²) >= 11 is 0. The Bertz CT molecular complexity index is 1760. The van der Waals surface area contributed by atoms with E-state index in [1.54, 1.807) is 26.2 Å². The molecule has 9 atom stereocenters. The maximum absolute atomic E-state index is 14.5. The number of nitrogens with zero attached hydrogens (tertiary/aromatic N) is 3. The van der Waals surface area contributed by atoms with Gasteiger partial charge in [0.25, 0.3) is 0 Å². The van der Waals surface area contributed by atoms with Crippen LogP contribution in [0, 0.1) is 35.5 Å². The molecular formula is C53H84N4O7. The Kier molecular flexibility index (Phi) is 22.3. The third-order valence-electron chi connectivity index (χ3n) is 13.6. The molecule has 1 aliphatic rings. The minimum absolute atomic E-state index is 0.000362. The average Bonchev–Trinajstić information content (AvgIpc) is 3.73. The fourth-order valence-electron chi connectivity index (χ4n) is 9.97. The number of ether oxygens (including phenoxy) is 2. The van der Waals surface area contributed by atoms with E-state index in [9.17, 15) is 24.0 Å². The Morgan fingerprint density at radius 3 is 1.95 bits per heavy atom. The maximum Gasteiger partial charge on any atom is 0.226 e. The van der Waals surface area contributed by atoms with Gasteiger partial charge in [-0.15, -0.1) is 0 Å². The Morgan fingerprint density at radius 1 is 0.797 bits per heavy atom. The smallest absolute Gasteiger partial charge is 0.226 e. The van der Waals surface area contributed by atoms with Gasteiger partial charge in [0, 0.05) is 58.2 Å². The average molecular weight is 889 g/mol. The quantitative estimate of drug-likeness (QED) is 0.0889. The second-order valence-electron chi connectivity index (χ2n) is 19.9. The largest absolute Gasteiger partial charge is 0.379 e. The second kappa shape index (κ2) is 26.3. The van der Waals surface area contributed by atoms with E-state index in [0.29, 0.717) is 43.7 Å². The molecule has 0 unspecified atom stereocenters. The molecule has 1 aliphatic heterocycles. The van der Waals surface area contributed by atoms with E-state index in [2.05, 4.69) is 33.0 Å². The van der Waals surface area contributed by atoms with Gasteiger partial charge in [0.1, 0.15) is 0 Å². The molecule has 0 spiro atoms. The lowest BCUT2D eigenvalue weighted by molar-refractivity contribution is -0.149. The molecule has 3 rings (SSSR count). The Morgan fingerprint density at radius 2 is 1.42 bits per heavy atom. The third-order valence-corrected chi connectivity index (χ3v) is 13.6. The van der Waals surface area contributed by atoms with E-state index >= 15 is 0 Å². The number of methoxy groups -OCH3 is 2. The van der Waals surface area contributed by atoms with Crippen molar-refractivity contribution < 1.29 is 33.4 Å². The molecule has 0 aromatic heterocycles. The van der Waals surface area contributed by atoms with Gasteiger partial charge in [-0.25, -0.2) is 0 Å². The van der Waals surface area contributed by atoms with Crippen LogP contribution in [0.25, 0.3) is 0 Å². The molecule has 64 heavy (non-hydrogen) atoms. The summed E-state index contributed by atoms with van der Waals surface area (Å²) in [5, 5.41) is 3.27. The van der Waals surface area contributed by atoms with Gasteiger partial charge in [-0.2, -0.15) is 0 Å². The van der Waals surface area contributed by atoms with Crippen LogP contribution in [0.2, 0.25) is 0 Å². The second-order valence-corrected chi connectivity index (χ2v) is 19.9. The summed E-state index contributed by atoms with van der Waals surface area (Å²) < 4.78 is 12.2. The summed E-state index contributed by atoms with van der Waals surface area (Å²) in [6, 6.07) is 16.5. The number of hydrogen-bond acceptors (Lipinski definition) is 8. The minimum atomic E-state index is -0.604. The van der Waals surface area contributed by atoms with Crippen LogP contribution in [-0.4, -0.2) is 122 Å². The van der Waals surface area contributed by atoms with E-state index in [0.717, 1.165) is 24.8 Å². The zero-order chi connectivity index (χ0) is 47.8. The highest BCUT2D eigenvalue weighted by Gasteiger charge is 2.43. The fourth-order valence-corrected chi connectivity index (χ4v) is 9.97. The van der Waals surface area contributed by atoms with Crippen LogP contribution < -0.4 is 5.32 Å². The summed E-state index contributed by atoms with van der Waals surface area (Å²) in [6.07, 6.45) is 3.50. The standard InChI is InChI=1S/C53H84N4O7/c1-15-37(8)50(56(12)53(62)43(35(4)5)32-46(59)49(36(6)7)55(10)11)47(63-13)33-48(60)57-29-19-22-44(57)51(64-14)38(9)52(61)54-42(31-39-20-17-16-18-21-39)27-28-45(58)41-25-23-40(24-26-41)30-34(2)3/h16-18,20-21,23-26,34-38,42-44,47,49-51H,15,19,22,27-33H2,1-14H3,(H,54,61)/t37-,38+,42+,43-,44-,47+,49-,50-,51+/m0/s1. The molecule has 1 fully saturated rings. The van der Waals surface area contributed by atoms with Crippen LogP contribution in [0.1, 0.15) is 129 Å². The molecule has 11 heteroatoms. The highest BCUT2D eigenvalue weighted by Crippen LogP contribution is 2.31. The van der Waals surface area contributed by atoms with Gasteiger partial charge in [0.15, 0.2) is 11.6 Å². The number of Topliss-reactive ketones (excluding diaryl/α,β-unsaturated/α-hetero) is 2. The fraction of sp³-hybridized carbons (Fsp3) is 0.679. The molecular weight excluding hydrogens is 805 g/mol. The van der Waals surface area contributed by atoms with Crippen LogP contribution >= 0.6 is 0 Å². The van der Waals surface area contributed by atoms with Gasteiger partial charge < -0.3 is 24.6 Å². The maximum atomic E-state index is 14.5. The molecule has 1 saturated heterocycles. The predicted octanol–water partition coefficient (Wildman–Crippen LogP) is 8.31. The number of rotatable bonds is 27. The van der Waals surface area contributed by atoms with Crippen molar-refractivity contribution in [1.82, 2.24) is 20.0 Å². The number of likely N-dealkylation sites (N-methyl/N-ethyl adjacent to an activating group) is 2. The summed E-state index contributed by atoms with van der Waals surface area (Å²) in [6.45, 7) is 18.9. The van der Waals surface area contributed by atoms with Crippen LogP contribution in [0.4, 0.5) is 0 Å². The number of ketones is 2. The summed E-state index contributed by atoms with van der Waals surface area (Å²) in [5.74, 6) is -0.878. The molecule has 2 aromatic rings. The summed E-state index contributed by atoms with van der Waals surface area (Å²) in [4.78, 5) is 75.6. The monoisotopic (exact) mass is 889 g/mol. The SMILES string of the molecule is CC[C@H](C)[C@@H]([C@@H](CC(=O)N1CCC[C@H]1[C@H](OC)[C@@H](C)C(=O)N[C@H](CCC(=O)c1ccc(CC(C)C)cc1)Cc1ccccc1)OC)N(C)C(=O)[C@@H](CC(=O)[C@H](C(C)C)N(C)C)C(C)C. The zero-order valence-corrected chi connectivity index (χ0v) is 41.9. The van der Waals surface area contributed by atoms with Crippen molar-refractivity contribution in [3.05, 3.63) is 71.3 Å². The van der Waals surface area contributed by atoms with Crippen molar-refractivity contribution >= 4 is 29.3 Å². The van der Waals surface area contributed by atoms with E-state index in [1.165, 1.54) is 5.56 Å². The van der Waals surface area contributed by atoms with Crippen LogP contribution in [0.5, 0.6) is 0 Å². The lowest BCUT2D eigenvalue weighted by Crippen LogP contribution is -2.54. The van der Waals surface area contributed by atoms with Crippen LogP contribution in [0.3, 0.4) is 0 Å². The lowest BCUT2D eigenvalue weighted by atomic mass is 9.83. The molecule has 2 aromatic carbocycles. The van der Waals surface area contributed by atoms with Crippen molar-refractivity contribution in [3.8, 4) is 0 Å².